The molecule has 0 unspecified atom stereocenters. The lowest BCUT2D eigenvalue weighted by Crippen LogP contribution is -2.30. The van der Waals surface area contributed by atoms with Gasteiger partial charge in [-0.25, -0.2) is 0 Å². The van der Waals surface area contributed by atoms with E-state index < -0.39 is 0 Å². The molecule has 2 N–H and O–H groups in total. The molecule has 0 bridgehead atoms. The van der Waals surface area contributed by atoms with Crippen molar-refractivity contribution < 1.29 is 14.3 Å². The molecule has 0 radical (unpaired) electrons. The minimum atomic E-state index is -0.190. The first-order valence-electron chi connectivity index (χ1n) is 8.37. The van der Waals surface area contributed by atoms with Crippen molar-refractivity contribution in [3.05, 3.63) is 59.2 Å². The number of amides is 2. The summed E-state index contributed by atoms with van der Waals surface area (Å²) < 4.78 is 5.38. The number of rotatable bonds is 7. The number of likely N-dealkylation sites (N-methyl/N-ethyl adjacent to an activating group) is 1. The number of carbonyl (C=O) groups is 2. The summed E-state index contributed by atoms with van der Waals surface area (Å²) in [5.74, 6) is 0.471. The number of methoxy groups -OCH3 is 1. The lowest BCUT2D eigenvalue weighted by Gasteiger charge is -2.18. The molecule has 2 aromatic carbocycles. The first kappa shape index (κ1) is 19.5. The average molecular weight is 355 g/mol. The Kier molecular flexibility index (Phi) is 6.74. The number of hydrogen-bond donors (Lipinski definition) is 2. The molecular formula is C20H25N3O3. The van der Waals surface area contributed by atoms with E-state index in [0.717, 1.165) is 16.9 Å². The number of benzene rings is 2. The molecule has 6 nitrogen and oxygen atoms in total. The van der Waals surface area contributed by atoms with E-state index >= 15 is 0 Å². The van der Waals surface area contributed by atoms with Gasteiger partial charge in [0.05, 0.1) is 13.7 Å². The predicted octanol–water partition coefficient (Wildman–Crippen LogP) is 2.43. The summed E-state index contributed by atoms with van der Waals surface area (Å²) >= 11 is 0. The Morgan fingerprint density at radius 2 is 1.92 bits per heavy atom. The van der Waals surface area contributed by atoms with Crippen molar-refractivity contribution in [2.75, 3.05) is 33.1 Å². The summed E-state index contributed by atoms with van der Waals surface area (Å²) in [5.41, 5.74) is 3.27. The molecule has 0 heterocycles. The van der Waals surface area contributed by atoms with Crippen molar-refractivity contribution >= 4 is 17.5 Å². The zero-order valence-electron chi connectivity index (χ0n) is 15.6. The quantitative estimate of drug-likeness (QED) is 0.800. The molecule has 26 heavy (non-hydrogen) atoms. The topological polar surface area (TPSA) is 70.7 Å². The number of ether oxygens (including phenoxy) is 1. The predicted molar refractivity (Wildman–Crippen MR) is 103 cm³/mol. The molecule has 0 aliphatic rings. The molecule has 0 atom stereocenters. The maximum Gasteiger partial charge on any atom is 0.251 e. The standard InChI is InChI=1S/C20H25N3O3/c1-14-8-9-18(26-4)16(10-14)12-23(3)13-19(24)22-17-7-5-6-15(11-17)20(25)21-2/h5-11H,12-13H2,1-4H3,(H,21,25)(H,22,24). The second-order valence-electron chi connectivity index (χ2n) is 6.20. The first-order valence-corrected chi connectivity index (χ1v) is 8.37. The fourth-order valence-corrected chi connectivity index (χ4v) is 2.71. The van der Waals surface area contributed by atoms with Crippen LogP contribution in [0, 0.1) is 6.92 Å². The molecule has 2 aromatic rings. The second kappa shape index (κ2) is 9.01. The Morgan fingerprint density at radius 3 is 2.62 bits per heavy atom. The molecule has 2 amide bonds. The van der Waals surface area contributed by atoms with Gasteiger partial charge < -0.3 is 15.4 Å². The van der Waals surface area contributed by atoms with Gasteiger partial charge in [-0.3, -0.25) is 14.5 Å². The molecule has 0 saturated carbocycles. The van der Waals surface area contributed by atoms with Gasteiger partial charge in [0.2, 0.25) is 5.91 Å². The van der Waals surface area contributed by atoms with Gasteiger partial charge >= 0.3 is 0 Å². The van der Waals surface area contributed by atoms with E-state index in [9.17, 15) is 9.59 Å². The normalized spacial score (nSPS) is 10.5. The largest absolute Gasteiger partial charge is 0.496 e. The zero-order valence-corrected chi connectivity index (χ0v) is 15.6. The van der Waals surface area contributed by atoms with E-state index in [1.807, 2.05) is 31.0 Å². The summed E-state index contributed by atoms with van der Waals surface area (Å²) in [6.07, 6.45) is 0. The Balaban J connectivity index is 1.97. The highest BCUT2D eigenvalue weighted by molar-refractivity contribution is 5.97. The van der Waals surface area contributed by atoms with Crippen LogP contribution in [0.2, 0.25) is 0 Å². The van der Waals surface area contributed by atoms with Gasteiger partial charge in [0.1, 0.15) is 5.75 Å². The number of aryl methyl sites for hydroxylation is 1. The molecule has 0 saturated heterocycles. The van der Waals surface area contributed by atoms with E-state index in [1.54, 1.807) is 38.4 Å². The van der Waals surface area contributed by atoms with Gasteiger partial charge in [0.25, 0.3) is 5.91 Å². The van der Waals surface area contributed by atoms with Gasteiger partial charge in [0.15, 0.2) is 0 Å². The third-order valence-corrected chi connectivity index (χ3v) is 3.93. The Hall–Kier alpha value is -2.86. The average Bonchev–Trinajstić information content (AvgIpc) is 2.61. The van der Waals surface area contributed by atoms with Crippen LogP contribution in [0.15, 0.2) is 42.5 Å². The fraction of sp³-hybridized carbons (Fsp3) is 0.300. The van der Waals surface area contributed by atoms with Gasteiger partial charge in [-0.1, -0.05) is 23.8 Å². The minimum absolute atomic E-state index is 0.145. The van der Waals surface area contributed by atoms with Gasteiger partial charge in [-0.05, 0) is 38.2 Å². The van der Waals surface area contributed by atoms with E-state index in [2.05, 4.69) is 16.7 Å². The number of nitrogens with one attached hydrogen (secondary N) is 2. The summed E-state index contributed by atoms with van der Waals surface area (Å²) in [6, 6.07) is 12.8. The molecule has 0 aliphatic heterocycles. The highest BCUT2D eigenvalue weighted by Crippen LogP contribution is 2.21. The molecule has 0 spiro atoms. The maximum absolute atomic E-state index is 12.3. The van der Waals surface area contributed by atoms with Crippen LogP contribution in [-0.2, 0) is 11.3 Å². The van der Waals surface area contributed by atoms with Crippen LogP contribution in [0.1, 0.15) is 21.5 Å². The van der Waals surface area contributed by atoms with Crippen molar-refractivity contribution in [1.29, 1.82) is 0 Å². The molecule has 2 rings (SSSR count). The Labute approximate surface area is 154 Å². The molecule has 0 fully saturated rings. The van der Waals surface area contributed by atoms with Crippen LogP contribution in [0.5, 0.6) is 5.75 Å². The third kappa shape index (κ3) is 5.32. The monoisotopic (exact) mass is 355 g/mol. The fourth-order valence-electron chi connectivity index (χ4n) is 2.71. The van der Waals surface area contributed by atoms with Crippen molar-refractivity contribution in [2.24, 2.45) is 0 Å². The SMILES string of the molecule is CNC(=O)c1cccc(NC(=O)CN(C)Cc2cc(C)ccc2OC)c1. The molecule has 0 aromatic heterocycles. The van der Waals surface area contributed by atoms with Crippen LogP contribution < -0.4 is 15.4 Å². The second-order valence-corrected chi connectivity index (χ2v) is 6.20. The summed E-state index contributed by atoms with van der Waals surface area (Å²) in [4.78, 5) is 25.9. The minimum Gasteiger partial charge on any atom is -0.496 e. The van der Waals surface area contributed by atoms with Gasteiger partial charge in [-0.15, -0.1) is 0 Å². The Bertz CT molecular complexity index is 790. The zero-order chi connectivity index (χ0) is 19.1. The van der Waals surface area contributed by atoms with Crippen LogP contribution in [0.4, 0.5) is 5.69 Å². The van der Waals surface area contributed by atoms with E-state index in [0.29, 0.717) is 17.8 Å². The van der Waals surface area contributed by atoms with E-state index in [1.165, 1.54) is 0 Å². The molecular weight excluding hydrogens is 330 g/mol. The molecule has 0 aliphatic carbocycles. The molecule has 6 heteroatoms. The van der Waals surface area contributed by atoms with Crippen molar-refractivity contribution in [2.45, 2.75) is 13.5 Å². The smallest absolute Gasteiger partial charge is 0.251 e. The number of anilines is 1. The number of nitrogens with zero attached hydrogens (tertiary/aromatic N) is 1. The summed E-state index contributed by atoms with van der Waals surface area (Å²) in [6.45, 7) is 2.84. The first-order chi connectivity index (χ1) is 12.4. The molecule has 138 valence electrons. The van der Waals surface area contributed by atoms with Crippen molar-refractivity contribution in [3.8, 4) is 5.75 Å². The maximum atomic E-state index is 12.3. The summed E-state index contributed by atoms with van der Waals surface area (Å²) in [7, 11) is 5.09. The number of carbonyl (C=O) groups excluding carboxylic acids is 2. The highest BCUT2D eigenvalue weighted by Gasteiger charge is 2.11. The number of hydrogen-bond acceptors (Lipinski definition) is 4. The van der Waals surface area contributed by atoms with Gasteiger partial charge in [-0.2, -0.15) is 0 Å². The lowest BCUT2D eigenvalue weighted by atomic mass is 10.1. The van der Waals surface area contributed by atoms with Crippen molar-refractivity contribution in [3.63, 3.8) is 0 Å². The van der Waals surface area contributed by atoms with Crippen LogP contribution in [-0.4, -0.2) is 44.5 Å². The van der Waals surface area contributed by atoms with E-state index in [4.69, 9.17) is 4.74 Å². The Morgan fingerprint density at radius 1 is 1.15 bits per heavy atom. The van der Waals surface area contributed by atoms with Crippen molar-refractivity contribution in [1.82, 2.24) is 10.2 Å². The van der Waals surface area contributed by atoms with E-state index in [-0.39, 0.29) is 18.4 Å². The van der Waals surface area contributed by atoms with Crippen LogP contribution >= 0.6 is 0 Å². The highest BCUT2D eigenvalue weighted by atomic mass is 16.5. The lowest BCUT2D eigenvalue weighted by molar-refractivity contribution is -0.117. The summed E-state index contributed by atoms with van der Waals surface area (Å²) in [5, 5.41) is 5.39. The van der Waals surface area contributed by atoms with Crippen LogP contribution in [0.25, 0.3) is 0 Å². The van der Waals surface area contributed by atoms with Gasteiger partial charge in [0, 0.05) is 30.4 Å². The van der Waals surface area contributed by atoms with Crippen LogP contribution in [0.3, 0.4) is 0 Å². The third-order valence-electron chi connectivity index (χ3n) is 3.93.